The minimum Gasteiger partial charge on any atom is -0.457 e. The highest BCUT2D eigenvalue weighted by molar-refractivity contribution is 5.75. The van der Waals surface area contributed by atoms with Gasteiger partial charge in [0.1, 0.15) is 12.4 Å². The third-order valence-corrected chi connectivity index (χ3v) is 1.76. The van der Waals surface area contributed by atoms with Crippen molar-refractivity contribution in [1.82, 2.24) is 0 Å². The molecule has 0 saturated heterocycles. The zero-order valence-electron chi connectivity index (χ0n) is 9.07. The van der Waals surface area contributed by atoms with Gasteiger partial charge in [-0.3, -0.25) is 9.59 Å². The molecule has 4 nitrogen and oxygen atoms in total. The van der Waals surface area contributed by atoms with Gasteiger partial charge in [-0.25, -0.2) is 0 Å². The summed E-state index contributed by atoms with van der Waals surface area (Å²) < 4.78 is 10.1. The maximum absolute atomic E-state index is 11.4. The van der Waals surface area contributed by atoms with E-state index in [1.807, 2.05) is 0 Å². The summed E-state index contributed by atoms with van der Waals surface area (Å²) in [6.07, 6.45) is 0.606. The summed E-state index contributed by atoms with van der Waals surface area (Å²) in [5.74, 6) is 0.401. The van der Waals surface area contributed by atoms with Gasteiger partial charge in [-0.15, -0.1) is 0 Å². The molecular formula is C11H14O4. The summed E-state index contributed by atoms with van der Waals surface area (Å²) in [5.41, 5.74) is -0.528. The fourth-order valence-electron chi connectivity index (χ4n) is 0.889. The highest BCUT2D eigenvalue weighted by Gasteiger charge is 2.23. The molecule has 0 radical (unpaired) electrons. The number of carbonyl (C=O) groups is 2. The number of hydrogen-bond acceptors (Lipinski definition) is 4. The largest absolute Gasteiger partial charge is 0.457 e. The zero-order valence-corrected chi connectivity index (χ0v) is 9.07. The fraction of sp³-hybridized carbons (Fsp3) is 0.455. The lowest BCUT2D eigenvalue weighted by atomic mass is 9.97. The molecule has 0 aliphatic heterocycles. The van der Waals surface area contributed by atoms with Crippen LogP contribution < -0.4 is 0 Å². The first-order valence-electron chi connectivity index (χ1n) is 4.64. The van der Waals surface area contributed by atoms with Crippen LogP contribution in [0.1, 0.15) is 37.1 Å². The van der Waals surface area contributed by atoms with Gasteiger partial charge >= 0.3 is 5.97 Å². The second-order valence-electron chi connectivity index (χ2n) is 4.25. The Morgan fingerprint density at radius 3 is 2.60 bits per heavy atom. The Bertz CT molecular complexity index is 357. The predicted molar refractivity (Wildman–Crippen MR) is 53.3 cm³/mol. The Morgan fingerprint density at radius 2 is 2.13 bits per heavy atom. The van der Waals surface area contributed by atoms with Crippen molar-refractivity contribution in [3.8, 4) is 0 Å². The SMILES string of the molecule is CC(C)(C)C(=O)OCc1ccc(C=O)o1. The lowest BCUT2D eigenvalue weighted by Gasteiger charge is -2.15. The van der Waals surface area contributed by atoms with Crippen molar-refractivity contribution in [1.29, 1.82) is 0 Å². The van der Waals surface area contributed by atoms with Crippen LogP contribution in [0.15, 0.2) is 16.5 Å². The number of furan rings is 1. The number of esters is 1. The molecule has 1 rings (SSSR count). The molecule has 0 aliphatic rings. The highest BCUT2D eigenvalue weighted by atomic mass is 16.5. The van der Waals surface area contributed by atoms with Crippen molar-refractivity contribution >= 4 is 12.3 Å². The van der Waals surface area contributed by atoms with Crippen molar-refractivity contribution in [3.63, 3.8) is 0 Å². The molecule has 1 aromatic rings. The van der Waals surface area contributed by atoms with E-state index in [1.54, 1.807) is 26.8 Å². The predicted octanol–water partition coefficient (Wildman–Crippen LogP) is 2.18. The first-order chi connectivity index (χ1) is 6.93. The third kappa shape index (κ3) is 3.23. The molecule has 0 unspecified atom stereocenters. The van der Waals surface area contributed by atoms with E-state index in [1.165, 1.54) is 6.07 Å². The number of hydrogen-bond donors (Lipinski definition) is 0. The van der Waals surface area contributed by atoms with Crippen LogP contribution in [-0.4, -0.2) is 12.3 Å². The third-order valence-electron chi connectivity index (χ3n) is 1.76. The maximum atomic E-state index is 11.4. The molecule has 82 valence electrons. The average Bonchev–Trinajstić information content (AvgIpc) is 2.60. The summed E-state index contributed by atoms with van der Waals surface area (Å²) in [5, 5.41) is 0. The van der Waals surface area contributed by atoms with E-state index >= 15 is 0 Å². The zero-order chi connectivity index (χ0) is 11.5. The maximum Gasteiger partial charge on any atom is 0.311 e. The molecule has 0 saturated carbocycles. The first kappa shape index (κ1) is 11.5. The van der Waals surface area contributed by atoms with Crippen molar-refractivity contribution in [2.75, 3.05) is 0 Å². The lowest BCUT2D eigenvalue weighted by Crippen LogP contribution is -2.22. The normalized spacial score (nSPS) is 11.1. The Kier molecular flexibility index (Phi) is 3.29. The van der Waals surface area contributed by atoms with E-state index in [0.717, 1.165) is 0 Å². The van der Waals surface area contributed by atoms with Gasteiger partial charge < -0.3 is 9.15 Å². The Labute approximate surface area is 88.2 Å². The second-order valence-corrected chi connectivity index (χ2v) is 4.25. The summed E-state index contributed by atoms with van der Waals surface area (Å²) in [6, 6.07) is 3.15. The number of aldehydes is 1. The highest BCUT2D eigenvalue weighted by Crippen LogP contribution is 2.16. The van der Waals surface area contributed by atoms with Gasteiger partial charge in [-0.05, 0) is 32.9 Å². The molecule has 0 atom stereocenters. The van der Waals surface area contributed by atoms with Gasteiger partial charge in [0.05, 0.1) is 5.41 Å². The van der Waals surface area contributed by atoms with Crippen LogP contribution in [0.4, 0.5) is 0 Å². The monoisotopic (exact) mass is 210 g/mol. The molecule has 1 heterocycles. The van der Waals surface area contributed by atoms with Gasteiger partial charge in [0.15, 0.2) is 12.0 Å². The van der Waals surface area contributed by atoms with Crippen LogP contribution in [0.3, 0.4) is 0 Å². The topological polar surface area (TPSA) is 56.5 Å². The van der Waals surface area contributed by atoms with Gasteiger partial charge in [-0.2, -0.15) is 0 Å². The number of rotatable bonds is 3. The lowest BCUT2D eigenvalue weighted by molar-refractivity contribution is -0.154. The van der Waals surface area contributed by atoms with E-state index in [-0.39, 0.29) is 18.3 Å². The van der Waals surface area contributed by atoms with Crippen molar-refractivity contribution in [3.05, 3.63) is 23.7 Å². The van der Waals surface area contributed by atoms with E-state index in [9.17, 15) is 9.59 Å². The summed E-state index contributed by atoms with van der Waals surface area (Å²) >= 11 is 0. The molecule has 0 aromatic carbocycles. The number of ether oxygens (including phenoxy) is 1. The first-order valence-corrected chi connectivity index (χ1v) is 4.64. The minimum absolute atomic E-state index is 0.0595. The molecular weight excluding hydrogens is 196 g/mol. The molecule has 0 spiro atoms. The van der Waals surface area contributed by atoms with E-state index in [0.29, 0.717) is 12.0 Å². The van der Waals surface area contributed by atoms with E-state index < -0.39 is 5.41 Å². The van der Waals surface area contributed by atoms with Gasteiger partial charge in [0.2, 0.25) is 0 Å². The van der Waals surface area contributed by atoms with Crippen LogP contribution in [0, 0.1) is 5.41 Å². The Hall–Kier alpha value is -1.58. The van der Waals surface area contributed by atoms with Gasteiger partial charge in [0, 0.05) is 0 Å². The van der Waals surface area contributed by atoms with Crippen molar-refractivity contribution in [2.24, 2.45) is 5.41 Å². The van der Waals surface area contributed by atoms with Gasteiger partial charge in [-0.1, -0.05) is 0 Å². The summed E-state index contributed by atoms with van der Waals surface area (Å²) in [7, 11) is 0. The molecule has 1 aromatic heterocycles. The molecule has 0 fully saturated rings. The Balaban J connectivity index is 2.50. The van der Waals surface area contributed by atoms with Crippen molar-refractivity contribution in [2.45, 2.75) is 27.4 Å². The van der Waals surface area contributed by atoms with E-state index in [4.69, 9.17) is 9.15 Å². The second kappa shape index (κ2) is 4.29. The molecule has 15 heavy (non-hydrogen) atoms. The van der Waals surface area contributed by atoms with Crippen LogP contribution in [0.2, 0.25) is 0 Å². The average molecular weight is 210 g/mol. The molecule has 0 N–H and O–H groups in total. The number of carbonyl (C=O) groups excluding carboxylic acids is 2. The van der Waals surface area contributed by atoms with Crippen molar-refractivity contribution < 1.29 is 18.7 Å². The summed E-state index contributed by atoms with van der Waals surface area (Å²) in [4.78, 5) is 21.7. The molecule has 4 heteroatoms. The Morgan fingerprint density at radius 1 is 1.47 bits per heavy atom. The quantitative estimate of drug-likeness (QED) is 0.566. The van der Waals surface area contributed by atoms with E-state index in [2.05, 4.69) is 0 Å². The molecule has 0 bridgehead atoms. The minimum atomic E-state index is -0.528. The molecule has 0 aliphatic carbocycles. The van der Waals surface area contributed by atoms with Crippen LogP contribution in [0.5, 0.6) is 0 Å². The van der Waals surface area contributed by atoms with Crippen LogP contribution >= 0.6 is 0 Å². The van der Waals surface area contributed by atoms with Crippen LogP contribution in [0.25, 0.3) is 0 Å². The smallest absolute Gasteiger partial charge is 0.311 e. The standard InChI is InChI=1S/C11H14O4/c1-11(2,3)10(13)14-7-9-5-4-8(6-12)15-9/h4-6H,7H2,1-3H3. The fourth-order valence-corrected chi connectivity index (χ4v) is 0.889. The van der Waals surface area contributed by atoms with Gasteiger partial charge in [0.25, 0.3) is 0 Å². The molecule has 0 amide bonds. The van der Waals surface area contributed by atoms with Crippen LogP contribution in [-0.2, 0) is 16.1 Å². The summed E-state index contributed by atoms with van der Waals surface area (Å²) in [6.45, 7) is 5.38.